The first kappa shape index (κ1) is 15.8. The zero-order chi connectivity index (χ0) is 13.0. The maximum atomic E-state index is 12.1. The van der Waals surface area contributed by atoms with Gasteiger partial charge in [0, 0.05) is 19.6 Å². The average Bonchev–Trinajstić information content (AvgIpc) is 2.92. The third-order valence-electron chi connectivity index (χ3n) is 3.49. The minimum Gasteiger partial charge on any atom is -0.497 e. The van der Waals surface area contributed by atoms with Gasteiger partial charge in [-0.1, -0.05) is 12.1 Å². The largest absolute Gasteiger partial charge is 0.497 e. The molecule has 0 bridgehead atoms. The lowest BCUT2D eigenvalue weighted by molar-refractivity contribution is -0.130. The highest BCUT2D eigenvalue weighted by atomic mass is 35.5. The molecule has 19 heavy (non-hydrogen) atoms. The van der Waals surface area contributed by atoms with Crippen LogP contribution in [0.5, 0.6) is 5.75 Å². The van der Waals surface area contributed by atoms with Crippen LogP contribution < -0.4 is 10.1 Å². The fourth-order valence-electron chi connectivity index (χ4n) is 2.22. The summed E-state index contributed by atoms with van der Waals surface area (Å²) < 4.78 is 5.10. The Bertz CT molecular complexity index is 402. The van der Waals surface area contributed by atoms with Crippen LogP contribution in [0.1, 0.15) is 12.0 Å². The fourth-order valence-corrected chi connectivity index (χ4v) is 2.22. The van der Waals surface area contributed by atoms with Crippen LogP contribution in [0.3, 0.4) is 0 Å². The van der Waals surface area contributed by atoms with Crippen LogP contribution in [0.15, 0.2) is 24.3 Å². The van der Waals surface area contributed by atoms with E-state index in [1.807, 2.05) is 36.2 Å². The molecular formula is C14H21ClN2O2. The quantitative estimate of drug-likeness (QED) is 0.911. The van der Waals surface area contributed by atoms with Gasteiger partial charge in [-0.2, -0.15) is 0 Å². The Morgan fingerprint density at radius 3 is 2.63 bits per heavy atom. The van der Waals surface area contributed by atoms with Crippen molar-refractivity contribution in [2.45, 2.75) is 18.9 Å². The molecule has 1 aromatic carbocycles. The van der Waals surface area contributed by atoms with Crippen molar-refractivity contribution in [3.8, 4) is 5.75 Å². The van der Waals surface area contributed by atoms with Gasteiger partial charge >= 0.3 is 0 Å². The van der Waals surface area contributed by atoms with E-state index in [0.717, 1.165) is 30.8 Å². The summed E-state index contributed by atoms with van der Waals surface area (Å²) in [5.41, 5.74) is 1.03. The number of amides is 1. The Kier molecular flexibility index (Phi) is 6.12. The van der Waals surface area contributed by atoms with Gasteiger partial charge in [0.15, 0.2) is 0 Å². The number of nitrogens with zero attached hydrogens (tertiary/aromatic N) is 1. The van der Waals surface area contributed by atoms with E-state index in [-0.39, 0.29) is 18.3 Å². The number of carbonyl (C=O) groups is 1. The van der Waals surface area contributed by atoms with Gasteiger partial charge in [-0.15, -0.1) is 12.4 Å². The molecule has 2 rings (SSSR count). The van der Waals surface area contributed by atoms with E-state index in [4.69, 9.17) is 4.74 Å². The molecular weight excluding hydrogens is 264 g/mol. The lowest BCUT2D eigenvalue weighted by Crippen LogP contribution is -2.39. The van der Waals surface area contributed by atoms with Crippen molar-refractivity contribution >= 4 is 18.3 Å². The van der Waals surface area contributed by atoms with E-state index in [9.17, 15) is 4.79 Å². The normalized spacial score (nSPS) is 17.7. The zero-order valence-electron chi connectivity index (χ0n) is 11.4. The Morgan fingerprint density at radius 2 is 2.11 bits per heavy atom. The highest BCUT2D eigenvalue weighted by Gasteiger charge is 2.22. The Labute approximate surface area is 120 Å². The molecule has 0 radical (unpaired) electrons. The molecule has 1 N–H and O–H groups in total. The monoisotopic (exact) mass is 284 g/mol. The molecule has 0 saturated carbocycles. The van der Waals surface area contributed by atoms with E-state index in [1.54, 1.807) is 7.11 Å². The molecule has 106 valence electrons. The van der Waals surface area contributed by atoms with Gasteiger partial charge in [0.1, 0.15) is 5.75 Å². The summed E-state index contributed by atoms with van der Waals surface area (Å²) in [4.78, 5) is 14.0. The predicted octanol–water partition coefficient (Wildman–Crippen LogP) is 1.48. The molecule has 1 aliphatic heterocycles. The SMILES string of the molecule is COc1ccc(CC(=O)N(C)C2CCNC2)cc1.Cl. The van der Waals surface area contributed by atoms with Crippen LogP contribution in [-0.4, -0.2) is 44.1 Å². The van der Waals surface area contributed by atoms with Gasteiger partial charge in [0.2, 0.25) is 5.91 Å². The lowest BCUT2D eigenvalue weighted by Gasteiger charge is -2.23. The number of benzene rings is 1. The third kappa shape index (κ3) is 4.11. The smallest absolute Gasteiger partial charge is 0.227 e. The van der Waals surface area contributed by atoms with Crippen LogP contribution >= 0.6 is 12.4 Å². The number of methoxy groups -OCH3 is 1. The second kappa shape index (κ2) is 7.36. The van der Waals surface area contributed by atoms with E-state index >= 15 is 0 Å². The van der Waals surface area contributed by atoms with Gasteiger partial charge in [0.05, 0.1) is 13.5 Å². The van der Waals surface area contributed by atoms with Crippen molar-refractivity contribution in [3.63, 3.8) is 0 Å². The number of likely N-dealkylation sites (N-methyl/N-ethyl adjacent to an activating group) is 1. The highest BCUT2D eigenvalue weighted by Crippen LogP contribution is 2.13. The number of ether oxygens (including phenoxy) is 1. The molecule has 0 spiro atoms. The summed E-state index contributed by atoms with van der Waals surface area (Å²) in [6, 6.07) is 8.00. The summed E-state index contributed by atoms with van der Waals surface area (Å²) in [7, 11) is 3.53. The third-order valence-corrected chi connectivity index (χ3v) is 3.49. The second-order valence-corrected chi connectivity index (χ2v) is 4.68. The predicted molar refractivity (Wildman–Crippen MR) is 78.0 cm³/mol. The minimum absolute atomic E-state index is 0. The Balaban J connectivity index is 0.00000180. The van der Waals surface area contributed by atoms with Crippen LogP contribution in [0.25, 0.3) is 0 Å². The lowest BCUT2D eigenvalue weighted by atomic mass is 10.1. The molecule has 0 aromatic heterocycles. The summed E-state index contributed by atoms with van der Waals surface area (Å²) in [5.74, 6) is 0.994. The maximum Gasteiger partial charge on any atom is 0.227 e. The van der Waals surface area contributed by atoms with E-state index in [2.05, 4.69) is 5.32 Å². The Hall–Kier alpha value is -1.26. The summed E-state index contributed by atoms with van der Waals surface area (Å²) in [5, 5.41) is 3.28. The van der Waals surface area contributed by atoms with Crippen LogP contribution in [0.2, 0.25) is 0 Å². The summed E-state index contributed by atoms with van der Waals surface area (Å²) in [6.45, 7) is 1.91. The molecule has 0 aliphatic carbocycles. The molecule has 1 fully saturated rings. The van der Waals surface area contributed by atoms with Gasteiger partial charge < -0.3 is 15.0 Å². The van der Waals surface area contributed by atoms with Crippen LogP contribution in [0.4, 0.5) is 0 Å². The number of hydrogen-bond acceptors (Lipinski definition) is 3. The molecule has 5 heteroatoms. The van der Waals surface area contributed by atoms with Crippen LogP contribution in [0, 0.1) is 0 Å². The van der Waals surface area contributed by atoms with Crippen molar-refractivity contribution in [1.29, 1.82) is 0 Å². The van der Waals surface area contributed by atoms with Crippen molar-refractivity contribution in [1.82, 2.24) is 10.2 Å². The maximum absolute atomic E-state index is 12.1. The van der Waals surface area contributed by atoms with Crippen LogP contribution in [-0.2, 0) is 11.2 Å². The van der Waals surface area contributed by atoms with Crippen molar-refractivity contribution in [2.75, 3.05) is 27.2 Å². The van der Waals surface area contributed by atoms with Gasteiger partial charge in [-0.25, -0.2) is 0 Å². The van der Waals surface area contributed by atoms with Gasteiger partial charge in [-0.05, 0) is 30.7 Å². The van der Waals surface area contributed by atoms with Crippen molar-refractivity contribution in [3.05, 3.63) is 29.8 Å². The highest BCUT2D eigenvalue weighted by molar-refractivity contribution is 5.85. The summed E-state index contributed by atoms with van der Waals surface area (Å²) >= 11 is 0. The zero-order valence-corrected chi connectivity index (χ0v) is 12.2. The second-order valence-electron chi connectivity index (χ2n) is 4.68. The molecule has 1 amide bonds. The number of carbonyl (C=O) groups excluding carboxylic acids is 1. The number of halogens is 1. The first-order chi connectivity index (χ1) is 8.70. The topological polar surface area (TPSA) is 41.6 Å². The molecule has 1 unspecified atom stereocenters. The van der Waals surface area contributed by atoms with Crippen molar-refractivity contribution in [2.24, 2.45) is 0 Å². The molecule has 1 aliphatic rings. The minimum atomic E-state index is 0. The molecule has 4 nitrogen and oxygen atoms in total. The number of hydrogen-bond donors (Lipinski definition) is 1. The standard InChI is InChI=1S/C14H20N2O2.ClH/c1-16(12-7-8-15-10-12)14(17)9-11-3-5-13(18-2)6-4-11;/h3-6,12,15H,7-10H2,1-2H3;1H. The molecule has 1 atom stereocenters. The fraction of sp³-hybridized carbons (Fsp3) is 0.500. The average molecular weight is 285 g/mol. The van der Waals surface area contributed by atoms with E-state index in [0.29, 0.717) is 12.5 Å². The first-order valence-corrected chi connectivity index (χ1v) is 6.30. The Morgan fingerprint density at radius 1 is 1.42 bits per heavy atom. The number of rotatable bonds is 4. The van der Waals surface area contributed by atoms with Crippen molar-refractivity contribution < 1.29 is 9.53 Å². The molecule has 1 heterocycles. The summed E-state index contributed by atoms with van der Waals surface area (Å²) in [6.07, 6.45) is 1.50. The molecule has 1 aromatic rings. The molecule has 1 saturated heterocycles. The number of nitrogens with one attached hydrogen (secondary N) is 1. The first-order valence-electron chi connectivity index (χ1n) is 6.30. The van der Waals surface area contributed by atoms with Gasteiger partial charge in [0.25, 0.3) is 0 Å². The van der Waals surface area contributed by atoms with E-state index in [1.165, 1.54) is 0 Å². The van der Waals surface area contributed by atoms with E-state index < -0.39 is 0 Å². The van der Waals surface area contributed by atoms with Gasteiger partial charge in [-0.3, -0.25) is 4.79 Å².